The van der Waals surface area contributed by atoms with Crippen molar-refractivity contribution in [1.29, 1.82) is 0 Å². The van der Waals surface area contributed by atoms with Crippen molar-refractivity contribution in [2.24, 2.45) is 0 Å². The molecule has 0 saturated heterocycles. The Balaban J connectivity index is 0.000000629. The van der Waals surface area contributed by atoms with Crippen LogP contribution in [0.1, 0.15) is 27.7 Å². The number of ether oxygens (including phenoxy) is 1. The van der Waals surface area contributed by atoms with Gasteiger partial charge in [-0.15, -0.1) is 0 Å². The maximum atomic E-state index is 8.25. The molecule has 1 aromatic carbocycles. The molecule has 0 atom stereocenters. The fourth-order valence-corrected chi connectivity index (χ4v) is 3.13. The Hall–Kier alpha value is -4.11. The van der Waals surface area contributed by atoms with Crippen molar-refractivity contribution in [1.82, 2.24) is 9.97 Å². The first-order chi connectivity index (χ1) is 15.9. The van der Waals surface area contributed by atoms with E-state index in [0.29, 0.717) is 12.5 Å². The molecule has 0 aliphatic heterocycles. The van der Waals surface area contributed by atoms with Gasteiger partial charge in [0.25, 0.3) is 5.13 Å². The second-order valence-corrected chi connectivity index (χ2v) is 8.26. The van der Waals surface area contributed by atoms with Gasteiger partial charge in [0, 0.05) is 23.0 Å². The number of quaternary nitrogens is 1. The SMILES string of the molecule is CCOc1cc(NC(=[NH+]C(C)(C)C)[NH2+]c2nccs2)c2ccccc2n1.O=[N+]([O-])[O-].O=[N+]([O-])[O-]. The van der Waals surface area contributed by atoms with Crippen LogP contribution in [0, 0.1) is 30.6 Å². The Morgan fingerprint density at radius 3 is 2.32 bits per heavy atom. The molecular formula is C19H25N7O7S. The van der Waals surface area contributed by atoms with Crippen molar-refractivity contribution in [3.63, 3.8) is 0 Å². The second-order valence-electron chi connectivity index (χ2n) is 7.33. The largest absolute Gasteiger partial charge is 0.478 e. The Kier molecular flexibility index (Phi) is 11.0. The molecule has 34 heavy (non-hydrogen) atoms. The first kappa shape index (κ1) is 27.9. The van der Waals surface area contributed by atoms with E-state index < -0.39 is 10.2 Å². The van der Waals surface area contributed by atoms with E-state index in [2.05, 4.69) is 47.1 Å². The van der Waals surface area contributed by atoms with Gasteiger partial charge < -0.3 is 35.4 Å². The predicted molar refractivity (Wildman–Crippen MR) is 127 cm³/mol. The quantitative estimate of drug-likeness (QED) is 0.203. The van der Waals surface area contributed by atoms with E-state index in [4.69, 9.17) is 35.4 Å². The zero-order chi connectivity index (χ0) is 25.7. The van der Waals surface area contributed by atoms with Crippen LogP contribution in [-0.2, 0) is 0 Å². The van der Waals surface area contributed by atoms with Gasteiger partial charge in [-0.05, 0) is 39.8 Å². The number of hydrogen-bond donors (Lipinski definition) is 3. The van der Waals surface area contributed by atoms with Gasteiger partial charge in [-0.3, -0.25) is 0 Å². The van der Waals surface area contributed by atoms with E-state index in [0.717, 1.165) is 27.7 Å². The van der Waals surface area contributed by atoms with E-state index >= 15 is 0 Å². The number of rotatable bonds is 4. The molecule has 0 bridgehead atoms. The van der Waals surface area contributed by atoms with Crippen molar-refractivity contribution in [2.45, 2.75) is 33.2 Å². The Morgan fingerprint density at radius 2 is 1.79 bits per heavy atom. The Labute approximate surface area is 198 Å². The van der Waals surface area contributed by atoms with E-state index in [1.165, 1.54) is 0 Å². The van der Waals surface area contributed by atoms with Crippen molar-refractivity contribution in [2.75, 3.05) is 11.9 Å². The van der Waals surface area contributed by atoms with Gasteiger partial charge in [-0.25, -0.2) is 9.98 Å². The van der Waals surface area contributed by atoms with Gasteiger partial charge in [-0.1, -0.05) is 23.5 Å². The number of pyridine rings is 1. The third-order valence-electron chi connectivity index (χ3n) is 3.48. The van der Waals surface area contributed by atoms with Gasteiger partial charge in [-0.2, -0.15) is 15.6 Å². The number of benzene rings is 1. The minimum Gasteiger partial charge on any atom is -0.478 e. The lowest BCUT2D eigenvalue weighted by molar-refractivity contribution is -0.607. The minimum atomic E-state index is -1.75. The third kappa shape index (κ3) is 11.5. The molecule has 0 radical (unpaired) electrons. The lowest BCUT2D eigenvalue weighted by atomic mass is 10.1. The number of hydrogen-bond acceptors (Lipinski definition) is 10. The zero-order valence-corrected chi connectivity index (χ0v) is 19.7. The molecule has 0 aliphatic carbocycles. The number of guanidine groups is 1. The molecule has 0 aliphatic rings. The summed E-state index contributed by atoms with van der Waals surface area (Å²) in [4.78, 5) is 28.9. The van der Waals surface area contributed by atoms with Crippen LogP contribution < -0.4 is 20.4 Å². The number of anilines is 1. The Bertz CT molecular complexity index is 1080. The van der Waals surface area contributed by atoms with Crippen molar-refractivity contribution >= 4 is 39.0 Å². The highest BCUT2D eigenvalue weighted by atomic mass is 32.1. The highest BCUT2D eigenvalue weighted by molar-refractivity contribution is 7.12. The first-order valence-electron chi connectivity index (χ1n) is 9.73. The number of para-hydroxylation sites is 1. The average molecular weight is 496 g/mol. The smallest absolute Gasteiger partial charge is 0.451 e. The zero-order valence-electron chi connectivity index (χ0n) is 18.9. The molecule has 184 valence electrons. The monoisotopic (exact) mass is 495 g/mol. The first-order valence-corrected chi connectivity index (χ1v) is 10.6. The summed E-state index contributed by atoms with van der Waals surface area (Å²) >= 11 is 1.60. The molecular weight excluding hydrogens is 470 g/mol. The topological polar surface area (TPSA) is 210 Å². The maximum absolute atomic E-state index is 8.25. The lowest BCUT2D eigenvalue weighted by Gasteiger charge is -2.11. The molecule has 0 fully saturated rings. The number of nitrogens with one attached hydrogen (secondary N) is 2. The standard InChI is InChI=1S/C19H23N5OS.2NO3/c1-5-25-16-12-15(13-8-6-7-9-14(13)21-16)22-17(24-19(2,3)4)23-18-20-10-11-26-18;2*2-1(3)4/h6-12H,5H2,1-4H3,(H2,20,21,22,23,24);;/q;2*-1/p+2. The minimum absolute atomic E-state index is 0.0956. The van der Waals surface area contributed by atoms with Crippen LogP contribution in [0.2, 0.25) is 0 Å². The summed E-state index contributed by atoms with van der Waals surface area (Å²) in [6.45, 7) is 8.91. The van der Waals surface area contributed by atoms with Crippen LogP contribution in [0.25, 0.3) is 10.9 Å². The third-order valence-corrected chi connectivity index (χ3v) is 4.21. The molecule has 0 amide bonds. The predicted octanol–water partition coefficient (Wildman–Crippen LogP) is 1.15. The molecule has 0 saturated carbocycles. The number of nitrogens with zero attached hydrogens (tertiary/aromatic N) is 4. The molecule has 0 spiro atoms. The fourth-order valence-electron chi connectivity index (χ4n) is 2.56. The van der Waals surface area contributed by atoms with Crippen LogP contribution in [0.4, 0.5) is 10.8 Å². The molecule has 2 heterocycles. The normalized spacial score (nSPS) is 10.9. The van der Waals surface area contributed by atoms with Crippen LogP contribution in [0.5, 0.6) is 5.88 Å². The van der Waals surface area contributed by atoms with Crippen LogP contribution in [0.15, 0.2) is 41.9 Å². The van der Waals surface area contributed by atoms with E-state index in [1.807, 2.05) is 41.9 Å². The molecule has 14 nitrogen and oxygen atoms in total. The van der Waals surface area contributed by atoms with Gasteiger partial charge >= 0.3 is 5.96 Å². The fraction of sp³-hybridized carbons (Fsp3) is 0.316. The van der Waals surface area contributed by atoms with Crippen molar-refractivity contribution in [3.05, 3.63) is 72.6 Å². The molecule has 4 N–H and O–H groups in total. The molecule has 3 aromatic rings. The molecule has 0 unspecified atom stereocenters. The van der Waals surface area contributed by atoms with Gasteiger partial charge in [0.15, 0.2) is 0 Å². The second kappa shape index (κ2) is 13.4. The number of thiazole rings is 1. The number of nitrogens with two attached hydrogens (primary N) is 1. The molecule has 3 rings (SSSR count). The van der Waals surface area contributed by atoms with E-state index in [-0.39, 0.29) is 5.54 Å². The van der Waals surface area contributed by atoms with Crippen molar-refractivity contribution in [3.8, 4) is 5.88 Å². The summed E-state index contributed by atoms with van der Waals surface area (Å²) in [6.07, 6.45) is 1.81. The van der Waals surface area contributed by atoms with Crippen molar-refractivity contribution < 1.29 is 25.2 Å². The van der Waals surface area contributed by atoms with E-state index in [9.17, 15) is 0 Å². The van der Waals surface area contributed by atoms with Crippen LogP contribution in [-0.4, -0.2) is 38.2 Å². The lowest BCUT2D eigenvalue weighted by Crippen LogP contribution is -3.02. The number of fused-ring (bicyclic) bond motifs is 1. The van der Waals surface area contributed by atoms with E-state index in [1.54, 1.807) is 17.5 Å². The van der Waals surface area contributed by atoms with Gasteiger partial charge in [0.1, 0.15) is 11.2 Å². The van der Waals surface area contributed by atoms with Crippen LogP contribution in [0.3, 0.4) is 0 Å². The summed E-state index contributed by atoms with van der Waals surface area (Å²) in [5.74, 6) is 1.49. The highest BCUT2D eigenvalue weighted by Gasteiger charge is 2.23. The average Bonchev–Trinajstić information content (AvgIpc) is 3.19. The Morgan fingerprint density at radius 1 is 1.18 bits per heavy atom. The maximum Gasteiger partial charge on any atom is 0.451 e. The van der Waals surface area contributed by atoms with Gasteiger partial charge in [0.2, 0.25) is 5.88 Å². The molecule has 15 heteroatoms. The number of aromatic nitrogens is 2. The van der Waals surface area contributed by atoms with Gasteiger partial charge in [0.05, 0.1) is 22.3 Å². The molecule has 2 aromatic heterocycles. The summed E-state index contributed by atoms with van der Waals surface area (Å²) in [5, 5.41) is 39.0. The summed E-state index contributed by atoms with van der Waals surface area (Å²) in [7, 11) is 0. The highest BCUT2D eigenvalue weighted by Crippen LogP contribution is 2.26. The summed E-state index contributed by atoms with van der Waals surface area (Å²) < 4.78 is 5.64. The van der Waals surface area contributed by atoms with Crippen LogP contribution >= 0.6 is 11.3 Å². The summed E-state index contributed by atoms with van der Waals surface area (Å²) in [5.41, 5.74) is 1.74. The summed E-state index contributed by atoms with van der Waals surface area (Å²) in [6, 6.07) is 9.97.